The second kappa shape index (κ2) is 7.18. The summed E-state index contributed by atoms with van der Waals surface area (Å²) in [5, 5.41) is 4.68. The van der Waals surface area contributed by atoms with E-state index in [-0.39, 0.29) is 11.6 Å². The third-order valence-corrected chi connectivity index (χ3v) is 4.90. The van der Waals surface area contributed by atoms with Crippen LogP contribution in [0, 0.1) is 6.92 Å². The van der Waals surface area contributed by atoms with Crippen molar-refractivity contribution in [2.24, 2.45) is 0 Å². The van der Waals surface area contributed by atoms with Gasteiger partial charge >= 0.3 is 0 Å². The van der Waals surface area contributed by atoms with Gasteiger partial charge in [-0.25, -0.2) is 4.98 Å². The molecule has 2 rings (SSSR count). The average Bonchev–Trinajstić information content (AvgIpc) is 2.78. The quantitative estimate of drug-likeness (QED) is 0.906. The Kier molecular flexibility index (Phi) is 5.77. The van der Waals surface area contributed by atoms with Crippen molar-refractivity contribution in [1.82, 2.24) is 15.2 Å². The van der Waals surface area contributed by atoms with Gasteiger partial charge in [0, 0.05) is 30.1 Å². The zero-order chi connectivity index (χ0) is 15.5. The van der Waals surface area contributed by atoms with E-state index in [1.165, 1.54) is 11.3 Å². The largest absolute Gasteiger partial charge is 0.368 e. The normalized spacial score (nSPS) is 20.9. The molecule has 0 aliphatic carbocycles. The number of aromatic nitrogens is 1. The molecule has 0 radical (unpaired) electrons. The number of aryl methyl sites for hydroxylation is 1. The van der Waals surface area contributed by atoms with Crippen molar-refractivity contribution in [3.05, 3.63) is 15.6 Å². The van der Waals surface area contributed by atoms with E-state index in [1.54, 1.807) is 11.3 Å². The van der Waals surface area contributed by atoms with Gasteiger partial charge in [-0.05, 0) is 40.7 Å². The van der Waals surface area contributed by atoms with Crippen molar-refractivity contribution < 1.29 is 4.74 Å². The van der Waals surface area contributed by atoms with Crippen LogP contribution in [-0.4, -0.2) is 41.7 Å². The van der Waals surface area contributed by atoms with Gasteiger partial charge in [-0.15, -0.1) is 11.3 Å². The lowest BCUT2D eigenvalue weighted by atomic mass is 10.1. The molecule has 0 bridgehead atoms. The maximum absolute atomic E-state index is 5.94. The molecule has 0 amide bonds. The van der Waals surface area contributed by atoms with E-state index in [2.05, 4.69) is 44.8 Å². The van der Waals surface area contributed by atoms with Crippen LogP contribution in [0.1, 0.15) is 55.8 Å². The van der Waals surface area contributed by atoms with E-state index < -0.39 is 0 Å². The summed E-state index contributed by atoms with van der Waals surface area (Å²) in [5.74, 6) is 0. The Morgan fingerprint density at radius 1 is 1.43 bits per heavy atom. The molecule has 1 aromatic heterocycles. The molecule has 1 N–H and O–H groups in total. The highest BCUT2D eigenvalue weighted by molar-refractivity contribution is 7.11. The van der Waals surface area contributed by atoms with Crippen LogP contribution in [0.4, 0.5) is 0 Å². The molecule has 1 aliphatic rings. The van der Waals surface area contributed by atoms with Crippen LogP contribution < -0.4 is 5.32 Å². The fourth-order valence-corrected chi connectivity index (χ4v) is 3.52. The van der Waals surface area contributed by atoms with Gasteiger partial charge in [-0.2, -0.15) is 0 Å². The highest BCUT2D eigenvalue weighted by Crippen LogP contribution is 2.29. The number of nitrogens with zero attached hydrogens (tertiary/aromatic N) is 2. The van der Waals surface area contributed by atoms with Crippen molar-refractivity contribution in [2.75, 3.05) is 26.2 Å². The minimum absolute atomic E-state index is 0.135. The monoisotopic (exact) mass is 311 g/mol. The predicted molar refractivity (Wildman–Crippen MR) is 88.9 cm³/mol. The molecule has 1 aliphatic heterocycles. The Balaban J connectivity index is 2.00. The predicted octanol–water partition coefficient (Wildman–Crippen LogP) is 3.12. The molecule has 0 aromatic carbocycles. The van der Waals surface area contributed by atoms with Gasteiger partial charge < -0.3 is 10.1 Å². The van der Waals surface area contributed by atoms with Crippen molar-refractivity contribution in [1.29, 1.82) is 0 Å². The Hall–Kier alpha value is -0.490. The van der Waals surface area contributed by atoms with Crippen LogP contribution in [0.2, 0.25) is 0 Å². The van der Waals surface area contributed by atoms with Crippen molar-refractivity contribution >= 4 is 11.3 Å². The summed E-state index contributed by atoms with van der Waals surface area (Å²) in [4.78, 5) is 8.57. The second-order valence-corrected chi connectivity index (χ2v) is 7.94. The SMILES string of the molecule is CCCN1CCOC(c2nc(C)c(CNC(C)(C)C)s2)C1. The van der Waals surface area contributed by atoms with E-state index in [9.17, 15) is 0 Å². The number of thiazole rings is 1. The molecular weight excluding hydrogens is 282 g/mol. The molecule has 21 heavy (non-hydrogen) atoms. The standard InChI is InChI=1S/C16H29N3OS/c1-6-7-19-8-9-20-13(11-19)15-18-12(2)14(21-15)10-17-16(3,4)5/h13,17H,6-11H2,1-5H3. The van der Waals surface area contributed by atoms with Crippen LogP contribution in [-0.2, 0) is 11.3 Å². The van der Waals surface area contributed by atoms with Crippen LogP contribution in [0.15, 0.2) is 0 Å². The molecule has 1 unspecified atom stereocenters. The first-order chi connectivity index (χ1) is 9.89. The van der Waals surface area contributed by atoms with E-state index in [0.29, 0.717) is 0 Å². The lowest BCUT2D eigenvalue weighted by Gasteiger charge is -2.31. The topological polar surface area (TPSA) is 37.4 Å². The van der Waals surface area contributed by atoms with Crippen LogP contribution in [0.25, 0.3) is 0 Å². The average molecular weight is 311 g/mol. The maximum Gasteiger partial charge on any atom is 0.123 e. The minimum atomic E-state index is 0.135. The number of hydrogen-bond acceptors (Lipinski definition) is 5. The second-order valence-electron chi connectivity index (χ2n) is 6.82. The van der Waals surface area contributed by atoms with Crippen molar-refractivity contribution in [2.45, 2.75) is 59.2 Å². The summed E-state index contributed by atoms with van der Waals surface area (Å²) in [6, 6.07) is 0. The molecule has 0 saturated carbocycles. The zero-order valence-electron chi connectivity index (χ0n) is 14.0. The smallest absolute Gasteiger partial charge is 0.123 e. The molecule has 5 heteroatoms. The Morgan fingerprint density at radius 2 is 2.19 bits per heavy atom. The molecule has 0 spiro atoms. The van der Waals surface area contributed by atoms with Crippen molar-refractivity contribution in [3.63, 3.8) is 0 Å². The molecule has 4 nitrogen and oxygen atoms in total. The first-order valence-electron chi connectivity index (χ1n) is 7.94. The van der Waals surface area contributed by atoms with Crippen LogP contribution in [0.3, 0.4) is 0 Å². The summed E-state index contributed by atoms with van der Waals surface area (Å²) >= 11 is 1.80. The van der Waals surface area contributed by atoms with E-state index in [4.69, 9.17) is 9.72 Å². The molecule has 1 atom stereocenters. The lowest BCUT2D eigenvalue weighted by molar-refractivity contribution is -0.0299. The van der Waals surface area contributed by atoms with Gasteiger partial charge in [-0.1, -0.05) is 6.92 Å². The van der Waals surface area contributed by atoms with Crippen LogP contribution in [0.5, 0.6) is 0 Å². The number of nitrogens with one attached hydrogen (secondary N) is 1. The van der Waals surface area contributed by atoms with Crippen LogP contribution >= 0.6 is 11.3 Å². The fourth-order valence-electron chi connectivity index (χ4n) is 2.47. The van der Waals surface area contributed by atoms with E-state index in [0.717, 1.165) is 43.5 Å². The molecule has 1 fully saturated rings. The third kappa shape index (κ3) is 5.02. The number of rotatable bonds is 5. The van der Waals surface area contributed by atoms with Crippen molar-refractivity contribution in [3.8, 4) is 0 Å². The summed E-state index contributed by atoms with van der Waals surface area (Å²) in [6.07, 6.45) is 1.35. The van der Waals surface area contributed by atoms with Gasteiger partial charge in [-0.3, -0.25) is 4.90 Å². The summed E-state index contributed by atoms with van der Waals surface area (Å²) in [6.45, 7) is 15.8. The minimum Gasteiger partial charge on any atom is -0.368 e. The Morgan fingerprint density at radius 3 is 2.86 bits per heavy atom. The summed E-state index contributed by atoms with van der Waals surface area (Å²) in [5.41, 5.74) is 1.28. The van der Waals surface area contributed by atoms with Gasteiger partial charge in [0.05, 0.1) is 12.3 Å². The van der Waals surface area contributed by atoms with E-state index in [1.807, 2.05) is 0 Å². The highest BCUT2D eigenvalue weighted by Gasteiger charge is 2.25. The van der Waals surface area contributed by atoms with E-state index >= 15 is 0 Å². The van der Waals surface area contributed by atoms with Gasteiger partial charge in [0.1, 0.15) is 11.1 Å². The fraction of sp³-hybridized carbons (Fsp3) is 0.812. The molecule has 120 valence electrons. The zero-order valence-corrected chi connectivity index (χ0v) is 14.8. The molecule has 2 heterocycles. The number of morpholine rings is 1. The lowest BCUT2D eigenvalue weighted by Crippen LogP contribution is -2.38. The third-order valence-electron chi connectivity index (χ3n) is 3.65. The maximum atomic E-state index is 5.94. The Bertz CT molecular complexity index is 451. The molecular formula is C16H29N3OS. The highest BCUT2D eigenvalue weighted by atomic mass is 32.1. The number of ether oxygens (including phenoxy) is 1. The first-order valence-corrected chi connectivity index (χ1v) is 8.76. The molecule has 1 aromatic rings. The summed E-state index contributed by atoms with van der Waals surface area (Å²) < 4.78 is 5.94. The van der Waals surface area contributed by atoms with Gasteiger partial charge in [0.25, 0.3) is 0 Å². The Labute approximate surface area is 132 Å². The first kappa shape index (κ1) is 16.9. The van der Waals surface area contributed by atoms with Gasteiger partial charge in [0.2, 0.25) is 0 Å². The van der Waals surface area contributed by atoms with Gasteiger partial charge in [0.15, 0.2) is 0 Å². The summed E-state index contributed by atoms with van der Waals surface area (Å²) in [7, 11) is 0. The molecule has 1 saturated heterocycles. The number of hydrogen-bond donors (Lipinski definition) is 1.